The molecule has 0 fully saturated rings. The molecule has 1 heteroatoms. The summed E-state index contributed by atoms with van der Waals surface area (Å²) < 4.78 is 2.53. The fourth-order valence-electron chi connectivity index (χ4n) is 4.10. The first-order chi connectivity index (χ1) is 12.3. The number of hydrogen-bond acceptors (Lipinski definition) is 0. The highest BCUT2D eigenvalue weighted by Crippen LogP contribution is 2.36. The molecule has 1 heterocycles. The van der Waals surface area contributed by atoms with Crippen molar-refractivity contribution in [2.75, 3.05) is 0 Å². The monoisotopic (exact) mass is 328 g/mol. The second kappa shape index (κ2) is 6.48. The van der Waals surface area contributed by atoms with Gasteiger partial charge in [0, 0.05) is 18.9 Å². The molecule has 0 radical (unpaired) electrons. The summed E-state index contributed by atoms with van der Waals surface area (Å²) >= 11 is 0. The number of benzene rings is 2. The molecule has 4 rings (SSSR count). The van der Waals surface area contributed by atoms with Crippen molar-refractivity contribution in [1.82, 2.24) is 0 Å². The van der Waals surface area contributed by atoms with Gasteiger partial charge in [0.25, 0.3) is 0 Å². The van der Waals surface area contributed by atoms with Crippen LogP contribution in [0.2, 0.25) is 0 Å². The number of rotatable bonds is 5. The van der Waals surface area contributed by atoms with E-state index in [-0.39, 0.29) is 5.54 Å². The molecule has 0 N–H and O–H groups in total. The fraction of sp³-hybridized carbons (Fsp3) is 0.292. The molecule has 1 aliphatic rings. The molecule has 1 unspecified atom stereocenters. The van der Waals surface area contributed by atoms with Crippen LogP contribution in [0, 0.1) is 0 Å². The van der Waals surface area contributed by atoms with Gasteiger partial charge >= 0.3 is 0 Å². The van der Waals surface area contributed by atoms with Crippen LogP contribution in [0.1, 0.15) is 38.7 Å². The molecule has 0 bridgehead atoms. The van der Waals surface area contributed by atoms with Crippen molar-refractivity contribution in [1.29, 1.82) is 0 Å². The lowest BCUT2D eigenvalue weighted by atomic mass is 9.81. The summed E-state index contributed by atoms with van der Waals surface area (Å²) in [6, 6.07) is 20.0. The minimum absolute atomic E-state index is 0.124. The first-order valence-electron chi connectivity index (χ1n) is 9.49. The molecule has 0 saturated carbocycles. The van der Waals surface area contributed by atoms with Gasteiger partial charge in [-0.3, -0.25) is 0 Å². The van der Waals surface area contributed by atoms with E-state index < -0.39 is 0 Å². The SMILES string of the molecule is CCCc1ccccc1-c1c2ccccc2cc[n+]1C1(CC)C=CC1. The number of hydrogen-bond donors (Lipinski definition) is 0. The summed E-state index contributed by atoms with van der Waals surface area (Å²) in [4.78, 5) is 0. The molecule has 0 aliphatic heterocycles. The third-order valence-electron chi connectivity index (χ3n) is 5.64. The smallest absolute Gasteiger partial charge is 0.188 e. The highest BCUT2D eigenvalue weighted by atomic mass is 15.1. The zero-order valence-electron chi connectivity index (χ0n) is 15.2. The Morgan fingerprint density at radius 3 is 2.44 bits per heavy atom. The Kier molecular flexibility index (Phi) is 4.17. The first-order valence-corrected chi connectivity index (χ1v) is 9.49. The van der Waals surface area contributed by atoms with E-state index in [0.717, 1.165) is 19.3 Å². The summed E-state index contributed by atoms with van der Waals surface area (Å²) in [7, 11) is 0. The third-order valence-corrected chi connectivity index (χ3v) is 5.64. The average Bonchev–Trinajstić information content (AvgIpc) is 2.62. The van der Waals surface area contributed by atoms with E-state index in [4.69, 9.17) is 0 Å². The molecular weight excluding hydrogens is 302 g/mol. The molecule has 126 valence electrons. The summed E-state index contributed by atoms with van der Waals surface area (Å²) in [6.45, 7) is 4.56. The van der Waals surface area contributed by atoms with E-state index in [1.807, 2.05) is 0 Å². The lowest BCUT2D eigenvalue weighted by molar-refractivity contribution is -0.745. The van der Waals surface area contributed by atoms with Crippen LogP contribution in [0.25, 0.3) is 22.0 Å². The van der Waals surface area contributed by atoms with E-state index in [0.29, 0.717) is 0 Å². The number of nitrogens with zero attached hydrogens (tertiary/aromatic N) is 1. The Labute approximate surface area is 150 Å². The van der Waals surface area contributed by atoms with Crippen LogP contribution in [-0.4, -0.2) is 0 Å². The van der Waals surface area contributed by atoms with Gasteiger partial charge in [0.05, 0.1) is 10.9 Å². The van der Waals surface area contributed by atoms with Gasteiger partial charge in [0.15, 0.2) is 11.7 Å². The van der Waals surface area contributed by atoms with Gasteiger partial charge in [-0.2, -0.15) is 4.57 Å². The molecular formula is C24H26N+. The van der Waals surface area contributed by atoms with Gasteiger partial charge in [0.1, 0.15) is 0 Å². The molecule has 1 atom stereocenters. The number of fused-ring (bicyclic) bond motifs is 1. The molecule has 1 nitrogen and oxygen atoms in total. The van der Waals surface area contributed by atoms with Crippen molar-refractivity contribution in [3.05, 3.63) is 78.5 Å². The fourth-order valence-corrected chi connectivity index (χ4v) is 4.10. The van der Waals surface area contributed by atoms with Crippen LogP contribution < -0.4 is 4.57 Å². The number of aryl methyl sites for hydroxylation is 1. The topological polar surface area (TPSA) is 3.88 Å². The van der Waals surface area contributed by atoms with Crippen LogP contribution in [0.5, 0.6) is 0 Å². The Morgan fingerprint density at radius 1 is 0.960 bits per heavy atom. The largest absolute Gasteiger partial charge is 0.221 e. The maximum absolute atomic E-state index is 2.53. The van der Waals surface area contributed by atoms with Gasteiger partial charge in [-0.15, -0.1) is 0 Å². The summed E-state index contributed by atoms with van der Waals surface area (Å²) in [5.74, 6) is 0. The van der Waals surface area contributed by atoms with Gasteiger partial charge in [-0.1, -0.05) is 62.7 Å². The predicted octanol–water partition coefficient (Wildman–Crippen LogP) is 5.81. The second-order valence-corrected chi connectivity index (χ2v) is 7.09. The predicted molar refractivity (Wildman–Crippen MR) is 106 cm³/mol. The molecule has 1 aromatic heterocycles. The van der Waals surface area contributed by atoms with Gasteiger partial charge < -0.3 is 0 Å². The van der Waals surface area contributed by atoms with Crippen LogP contribution in [0.15, 0.2) is 72.9 Å². The molecule has 0 amide bonds. The highest BCUT2D eigenvalue weighted by Gasteiger charge is 2.42. The average molecular weight is 328 g/mol. The lowest BCUT2D eigenvalue weighted by Crippen LogP contribution is -2.58. The van der Waals surface area contributed by atoms with Crippen molar-refractivity contribution >= 4 is 10.8 Å². The van der Waals surface area contributed by atoms with E-state index in [1.54, 1.807) is 0 Å². The zero-order chi connectivity index (χ0) is 17.3. The van der Waals surface area contributed by atoms with E-state index in [2.05, 4.69) is 91.4 Å². The number of pyridine rings is 1. The van der Waals surface area contributed by atoms with Crippen LogP contribution in [-0.2, 0) is 12.0 Å². The maximum Gasteiger partial charge on any atom is 0.221 e. The van der Waals surface area contributed by atoms with Crippen molar-refractivity contribution in [2.24, 2.45) is 0 Å². The summed E-state index contributed by atoms with van der Waals surface area (Å²) in [5, 5.41) is 2.66. The van der Waals surface area contributed by atoms with Crippen LogP contribution in [0.4, 0.5) is 0 Å². The van der Waals surface area contributed by atoms with Crippen LogP contribution in [0.3, 0.4) is 0 Å². The van der Waals surface area contributed by atoms with Gasteiger partial charge in [-0.05, 0) is 35.6 Å². The van der Waals surface area contributed by atoms with Gasteiger partial charge in [0.2, 0.25) is 5.69 Å². The first kappa shape index (κ1) is 16.1. The second-order valence-electron chi connectivity index (χ2n) is 7.09. The molecule has 0 saturated heterocycles. The van der Waals surface area contributed by atoms with Crippen molar-refractivity contribution in [2.45, 2.75) is 45.1 Å². The minimum Gasteiger partial charge on any atom is -0.188 e. The molecule has 0 spiro atoms. The van der Waals surface area contributed by atoms with Crippen molar-refractivity contribution in [3.63, 3.8) is 0 Å². The van der Waals surface area contributed by atoms with Crippen LogP contribution >= 0.6 is 0 Å². The third kappa shape index (κ3) is 2.59. The zero-order valence-corrected chi connectivity index (χ0v) is 15.2. The molecule has 1 aliphatic carbocycles. The molecule has 2 aromatic carbocycles. The Bertz CT molecular complexity index is 938. The standard InChI is InChI=1S/C24H26N/c1-3-10-19-11-5-7-13-21(19)23-22-14-8-6-12-20(22)15-18-25(23)24(4-2)16-9-17-24/h5-9,11-16,18H,3-4,10,17H2,1-2H3/q+1. The Hall–Kier alpha value is -2.41. The number of allylic oxidation sites excluding steroid dienone is 2. The highest BCUT2D eigenvalue weighted by molar-refractivity contribution is 5.93. The molecule has 25 heavy (non-hydrogen) atoms. The summed E-state index contributed by atoms with van der Waals surface area (Å²) in [6.07, 6.45) is 11.5. The van der Waals surface area contributed by atoms with E-state index >= 15 is 0 Å². The maximum atomic E-state index is 2.53. The lowest BCUT2D eigenvalue weighted by Gasteiger charge is -2.31. The van der Waals surface area contributed by atoms with Crippen molar-refractivity contribution in [3.8, 4) is 11.3 Å². The Morgan fingerprint density at radius 2 is 1.72 bits per heavy atom. The summed E-state index contributed by atoms with van der Waals surface area (Å²) in [5.41, 5.74) is 4.32. The van der Waals surface area contributed by atoms with E-state index in [1.165, 1.54) is 34.0 Å². The Balaban J connectivity index is 2.06. The quantitative estimate of drug-likeness (QED) is 0.411. The van der Waals surface area contributed by atoms with Crippen molar-refractivity contribution < 1.29 is 4.57 Å². The van der Waals surface area contributed by atoms with E-state index in [9.17, 15) is 0 Å². The molecule has 3 aromatic rings. The van der Waals surface area contributed by atoms with Gasteiger partial charge in [-0.25, -0.2) is 0 Å². The normalized spacial score (nSPS) is 19.1. The minimum atomic E-state index is 0.124. The number of aromatic nitrogens is 1.